The van der Waals surface area contributed by atoms with Crippen molar-refractivity contribution in [3.05, 3.63) is 53.1 Å². The normalized spacial score (nSPS) is 10.4. The molecule has 0 unspecified atom stereocenters. The summed E-state index contributed by atoms with van der Waals surface area (Å²) in [5.74, 6) is 0. The van der Waals surface area contributed by atoms with Gasteiger partial charge in [-0.1, -0.05) is 30.3 Å². The number of hydrogen-bond donors (Lipinski definition) is 0. The molecule has 3 heteroatoms. The highest BCUT2D eigenvalue weighted by atomic mass is 32.1. The molecule has 0 bridgehead atoms. The predicted molar refractivity (Wildman–Crippen MR) is 59.8 cm³/mol. The van der Waals surface area contributed by atoms with Crippen molar-refractivity contribution >= 4 is 12.2 Å². The van der Waals surface area contributed by atoms with Gasteiger partial charge >= 0.3 is 0 Å². The molecular weight excluding hydrogens is 192 g/mol. The van der Waals surface area contributed by atoms with Crippen molar-refractivity contribution in [3.8, 4) is 0 Å². The Bertz CT molecular complexity index is 468. The van der Waals surface area contributed by atoms with Crippen molar-refractivity contribution < 1.29 is 0 Å². The Morgan fingerprint density at radius 2 is 1.86 bits per heavy atom. The first-order valence-corrected chi connectivity index (χ1v) is 4.94. The molecule has 2 rings (SSSR count). The van der Waals surface area contributed by atoms with Crippen LogP contribution >= 0.6 is 12.2 Å². The van der Waals surface area contributed by atoms with Gasteiger partial charge in [-0.15, -0.1) is 0 Å². The Balaban J connectivity index is 2.28. The lowest BCUT2D eigenvalue weighted by Gasteiger charge is -2.02. The fourth-order valence-electron chi connectivity index (χ4n) is 1.41. The zero-order chi connectivity index (χ0) is 9.97. The molecule has 0 aliphatic heterocycles. The highest BCUT2D eigenvalue weighted by Gasteiger charge is 1.96. The van der Waals surface area contributed by atoms with Gasteiger partial charge in [0.15, 0.2) is 4.77 Å². The molecule has 0 N–H and O–H groups in total. The monoisotopic (exact) mass is 204 g/mol. The summed E-state index contributed by atoms with van der Waals surface area (Å²) >= 11 is 5.25. The van der Waals surface area contributed by atoms with E-state index in [0.29, 0.717) is 0 Å². The Hall–Kier alpha value is -1.35. The van der Waals surface area contributed by atoms with Crippen LogP contribution in [-0.4, -0.2) is 9.13 Å². The third-order valence-corrected chi connectivity index (χ3v) is 2.74. The van der Waals surface area contributed by atoms with Crippen LogP contribution in [0.4, 0.5) is 0 Å². The van der Waals surface area contributed by atoms with Crippen molar-refractivity contribution in [3.63, 3.8) is 0 Å². The molecule has 0 atom stereocenters. The molecule has 0 aliphatic rings. The fourth-order valence-corrected chi connectivity index (χ4v) is 1.60. The second-order valence-corrected chi connectivity index (χ2v) is 3.67. The van der Waals surface area contributed by atoms with E-state index in [9.17, 15) is 0 Å². The van der Waals surface area contributed by atoms with E-state index < -0.39 is 0 Å². The molecule has 0 fully saturated rings. The van der Waals surface area contributed by atoms with Crippen LogP contribution in [0.3, 0.4) is 0 Å². The number of imidazole rings is 1. The average Bonchev–Trinajstić information content (AvgIpc) is 2.52. The molecule has 1 heterocycles. The lowest BCUT2D eigenvalue weighted by molar-refractivity contribution is 0.747. The minimum atomic E-state index is 0.848. The van der Waals surface area contributed by atoms with Crippen molar-refractivity contribution in [2.45, 2.75) is 6.54 Å². The van der Waals surface area contributed by atoms with Crippen LogP contribution in [0, 0.1) is 4.77 Å². The summed E-state index contributed by atoms with van der Waals surface area (Å²) < 4.78 is 4.86. The lowest BCUT2D eigenvalue weighted by Crippen LogP contribution is -1.99. The van der Waals surface area contributed by atoms with Crippen molar-refractivity contribution in [1.29, 1.82) is 0 Å². The molecule has 2 nitrogen and oxygen atoms in total. The third kappa shape index (κ3) is 1.77. The largest absolute Gasteiger partial charge is 0.327 e. The quantitative estimate of drug-likeness (QED) is 0.684. The van der Waals surface area contributed by atoms with Crippen LogP contribution in [0.2, 0.25) is 0 Å². The topological polar surface area (TPSA) is 9.86 Å². The van der Waals surface area contributed by atoms with Crippen LogP contribution in [0.5, 0.6) is 0 Å². The summed E-state index contributed by atoms with van der Waals surface area (Å²) in [5.41, 5.74) is 1.27. The lowest BCUT2D eigenvalue weighted by atomic mass is 10.2. The SMILES string of the molecule is Cn1ccn(Cc2ccccc2)c1=S. The summed E-state index contributed by atoms with van der Waals surface area (Å²) in [7, 11) is 1.96. The first kappa shape index (κ1) is 9.21. The number of benzene rings is 1. The molecule has 2 aromatic rings. The molecule has 0 radical (unpaired) electrons. The first-order valence-electron chi connectivity index (χ1n) is 4.53. The van der Waals surface area contributed by atoms with E-state index in [-0.39, 0.29) is 0 Å². The maximum absolute atomic E-state index is 5.25. The van der Waals surface area contributed by atoms with Gasteiger partial charge in [-0.05, 0) is 17.8 Å². The number of aromatic nitrogens is 2. The number of rotatable bonds is 2. The van der Waals surface area contributed by atoms with Crippen LogP contribution in [-0.2, 0) is 13.6 Å². The number of hydrogen-bond acceptors (Lipinski definition) is 1. The van der Waals surface area contributed by atoms with E-state index in [4.69, 9.17) is 12.2 Å². The van der Waals surface area contributed by atoms with E-state index in [0.717, 1.165) is 11.3 Å². The predicted octanol–water partition coefficient (Wildman–Crippen LogP) is 2.60. The molecule has 72 valence electrons. The van der Waals surface area contributed by atoms with E-state index >= 15 is 0 Å². The van der Waals surface area contributed by atoms with E-state index in [1.54, 1.807) is 0 Å². The molecule has 0 saturated carbocycles. The van der Waals surface area contributed by atoms with Crippen LogP contribution in [0.1, 0.15) is 5.56 Å². The summed E-state index contributed by atoms with van der Waals surface area (Å²) in [5, 5.41) is 0. The maximum Gasteiger partial charge on any atom is 0.179 e. The fraction of sp³-hybridized carbons (Fsp3) is 0.182. The molecule has 0 amide bonds. The van der Waals surface area contributed by atoms with Gasteiger partial charge in [0.05, 0.1) is 0 Å². The second-order valence-electron chi connectivity index (χ2n) is 3.31. The van der Waals surface area contributed by atoms with Crippen LogP contribution in [0.25, 0.3) is 0 Å². The minimum Gasteiger partial charge on any atom is -0.327 e. The van der Waals surface area contributed by atoms with Gasteiger partial charge in [-0.25, -0.2) is 0 Å². The molecule has 0 saturated heterocycles. The van der Waals surface area contributed by atoms with Crippen molar-refractivity contribution in [2.24, 2.45) is 7.05 Å². The van der Waals surface area contributed by atoms with Gasteiger partial charge < -0.3 is 9.13 Å². The van der Waals surface area contributed by atoms with E-state index in [2.05, 4.69) is 16.7 Å². The highest BCUT2D eigenvalue weighted by molar-refractivity contribution is 7.71. The summed E-state index contributed by atoms with van der Waals surface area (Å²) in [6.07, 6.45) is 3.99. The Labute approximate surface area is 88.4 Å². The van der Waals surface area contributed by atoms with E-state index in [1.807, 2.05) is 42.2 Å². The minimum absolute atomic E-state index is 0.848. The standard InChI is InChI=1S/C11H12N2S/c1-12-7-8-13(11(12)14)9-10-5-3-2-4-6-10/h2-8H,9H2,1H3. The van der Waals surface area contributed by atoms with Crippen molar-refractivity contribution in [2.75, 3.05) is 0 Å². The van der Waals surface area contributed by atoms with Crippen molar-refractivity contribution in [1.82, 2.24) is 9.13 Å². The molecule has 0 spiro atoms. The Morgan fingerprint density at radius 3 is 2.43 bits per heavy atom. The smallest absolute Gasteiger partial charge is 0.179 e. The Morgan fingerprint density at radius 1 is 1.14 bits per heavy atom. The molecule has 14 heavy (non-hydrogen) atoms. The number of aryl methyl sites for hydroxylation is 1. The summed E-state index contributed by atoms with van der Waals surface area (Å²) in [6.45, 7) is 0.848. The van der Waals surface area contributed by atoms with Gasteiger partial charge in [0, 0.05) is 26.0 Å². The zero-order valence-corrected chi connectivity index (χ0v) is 8.87. The Kier molecular flexibility index (Phi) is 2.50. The van der Waals surface area contributed by atoms with Gasteiger partial charge in [-0.2, -0.15) is 0 Å². The maximum atomic E-state index is 5.25. The van der Waals surface area contributed by atoms with Gasteiger partial charge in [0.25, 0.3) is 0 Å². The average molecular weight is 204 g/mol. The number of nitrogens with zero attached hydrogens (tertiary/aromatic N) is 2. The van der Waals surface area contributed by atoms with Crippen LogP contribution in [0.15, 0.2) is 42.7 Å². The molecular formula is C11H12N2S. The molecule has 0 aliphatic carbocycles. The second kappa shape index (κ2) is 3.80. The summed E-state index contributed by atoms with van der Waals surface area (Å²) in [6, 6.07) is 10.3. The molecule has 1 aromatic heterocycles. The van der Waals surface area contributed by atoms with Crippen LogP contribution < -0.4 is 0 Å². The van der Waals surface area contributed by atoms with E-state index in [1.165, 1.54) is 5.56 Å². The van der Waals surface area contributed by atoms with Gasteiger partial charge in [-0.3, -0.25) is 0 Å². The first-order chi connectivity index (χ1) is 6.77. The zero-order valence-electron chi connectivity index (χ0n) is 8.05. The highest BCUT2D eigenvalue weighted by Crippen LogP contribution is 2.03. The van der Waals surface area contributed by atoms with Gasteiger partial charge in [0.1, 0.15) is 0 Å². The molecule has 1 aromatic carbocycles. The third-order valence-electron chi connectivity index (χ3n) is 2.21. The van der Waals surface area contributed by atoms with Gasteiger partial charge in [0.2, 0.25) is 0 Å². The summed E-state index contributed by atoms with van der Waals surface area (Å²) in [4.78, 5) is 0.